The first kappa shape index (κ1) is 15.7. The van der Waals surface area contributed by atoms with Crippen LogP contribution in [0.5, 0.6) is 0 Å². The minimum Gasteiger partial charge on any atom is -0.469 e. The van der Waals surface area contributed by atoms with Crippen molar-refractivity contribution in [3.05, 3.63) is 51.7 Å². The second-order valence-electron chi connectivity index (χ2n) is 5.02. The van der Waals surface area contributed by atoms with E-state index in [4.69, 9.17) is 5.21 Å². The van der Waals surface area contributed by atoms with Gasteiger partial charge >= 0.3 is 11.7 Å². The Hall–Kier alpha value is -2.70. The molecule has 1 aromatic heterocycles. The topological polar surface area (TPSA) is 84.4 Å². The van der Waals surface area contributed by atoms with Crippen LogP contribution in [-0.4, -0.2) is 33.0 Å². The summed E-state index contributed by atoms with van der Waals surface area (Å²) >= 11 is 0. The van der Waals surface area contributed by atoms with E-state index >= 15 is 0 Å². The molecule has 0 atom stereocenters. The number of hydrogen-bond donors (Lipinski definition) is 1. The number of carbonyl (C=O) groups is 1. The molecule has 0 saturated heterocycles. The molecule has 0 radical (unpaired) electrons. The zero-order chi connectivity index (χ0) is 16.3. The minimum absolute atomic E-state index is 0.159. The first-order valence-electron chi connectivity index (χ1n) is 6.77. The van der Waals surface area contributed by atoms with E-state index in [1.807, 2.05) is 24.3 Å². The summed E-state index contributed by atoms with van der Waals surface area (Å²) in [7, 11) is 1.36. The van der Waals surface area contributed by atoms with E-state index in [2.05, 4.69) is 9.84 Å². The number of carbonyl (C=O) groups excluding carboxylic acids is 1. The lowest BCUT2D eigenvalue weighted by Crippen LogP contribution is -2.06. The normalized spacial score (nSPS) is 10.5. The summed E-state index contributed by atoms with van der Waals surface area (Å²) in [5.74, 6) is -0.283. The SMILES string of the molecule is COC(=O)Cc1ccc(Cn2nc(C)c([N+](=O)O)c2C)cc1. The molecule has 1 heterocycles. The average Bonchev–Trinajstić information content (AvgIpc) is 2.75. The van der Waals surface area contributed by atoms with E-state index in [9.17, 15) is 9.70 Å². The highest BCUT2D eigenvalue weighted by Crippen LogP contribution is 2.22. The molecule has 0 bridgehead atoms. The van der Waals surface area contributed by atoms with Crippen LogP contribution in [0.3, 0.4) is 0 Å². The maximum atomic E-state index is 11.2. The molecule has 0 saturated carbocycles. The summed E-state index contributed by atoms with van der Waals surface area (Å²) < 4.78 is 6.28. The Labute approximate surface area is 127 Å². The Morgan fingerprint density at radius 2 is 1.86 bits per heavy atom. The molecule has 0 spiro atoms. The third kappa shape index (κ3) is 3.30. The van der Waals surface area contributed by atoms with Crippen LogP contribution in [0.2, 0.25) is 0 Å². The maximum absolute atomic E-state index is 11.2. The number of methoxy groups -OCH3 is 1. The average molecular weight is 304 g/mol. The molecular weight excluding hydrogens is 286 g/mol. The molecule has 2 rings (SSSR count). The first-order valence-corrected chi connectivity index (χ1v) is 6.77. The Morgan fingerprint density at radius 3 is 2.36 bits per heavy atom. The van der Waals surface area contributed by atoms with Crippen molar-refractivity contribution >= 4 is 11.7 Å². The van der Waals surface area contributed by atoms with Crippen LogP contribution >= 0.6 is 0 Å². The third-order valence-electron chi connectivity index (χ3n) is 3.47. The summed E-state index contributed by atoms with van der Waals surface area (Å²) in [6.07, 6.45) is 0.233. The summed E-state index contributed by atoms with van der Waals surface area (Å²) in [5, 5.41) is 13.3. The van der Waals surface area contributed by atoms with Gasteiger partial charge in [-0.2, -0.15) is 5.10 Å². The second kappa shape index (κ2) is 6.38. The number of ether oxygens (including phenoxy) is 1. The van der Waals surface area contributed by atoms with Gasteiger partial charge in [0.2, 0.25) is 0 Å². The lowest BCUT2D eigenvalue weighted by Gasteiger charge is -2.05. The van der Waals surface area contributed by atoms with Crippen LogP contribution in [-0.2, 0) is 22.5 Å². The lowest BCUT2D eigenvalue weighted by molar-refractivity contribution is -0.730. The van der Waals surface area contributed by atoms with Crippen molar-refractivity contribution in [1.29, 1.82) is 0 Å². The minimum atomic E-state index is -0.283. The summed E-state index contributed by atoms with van der Waals surface area (Å²) in [5.41, 5.74) is 3.07. The van der Waals surface area contributed by atoms with Crippen LogP contribution in [0, 0.1) is 18.8 Å². The molecule has 116 valence electrons. The summed E-state index contributed by atoms with van der Waals surface area (Å²) in [6, 6.07) is 7.49. The van der Waals surface area contributed by atoms with Crippen molar-refractivity contribution in [2.75, 3.05) is 7.11 Å². The zero-order valence-electron chi connectivity index (χ0n) is 12.7. The van der Waals surface area contributed by atoms with E-state index in [1.165, 1.54) is 7.11 Å². The number of rotatable bonds is 5. The number of hydrogen-bond acceptors (Lipinski definition) is 4. The van der Waals surface area contributed by atoms with Crippen molar-refractivity contribution in [1.82, 2.24) is 9.78 Å². The summed E-state index contributed by atoms with van der Waals surface area (Å²) in [6.45, 7) is 3.86. The Kier molecular flexibility index (Phi) is 4.55. The smallest absolute Gasteiger partial charge is 0.359 e. The van der Waals surface area contributed by atoms with Crippen molar-refractivity contribution in [2.45, 2.75) is 26.8 Å². The second-order valence-corrected chi connectivity index (χ2v) is 5.02. The largest absolute Gasteiger partial charge is 0.469 e. The van der Waals surface area contributed by atoms with Gasteiger partial charge in [0.05, 0.1) is 25.0 Å². The van der Waals surface area contributed by atoms with Gasteiger partial charge in [0.15, 0.2) is 0 Å². The number of aromatic nitrogens is 2. The molecule has 7 nitrogen and oxygen atoms in total. The monoisotopic (exact) mass is 304 g/mol. The van der Waals surface area contributed by atoms with Gasteiger partial charge < -0.3 is 4.74 Å². The van der Waals surface area contributed by atoms with Crippen molar-refractivity contribution in [3.63, 3.8) is 0 Å². The Morgan fingerprint density at radius 1 is 1.27 bits per heavy atom. The fourth-order valence-corrected chi connectivity index (χ4v) is 2.29. The molecule has 0 aliphatic heterocycles. The quantitative estimate of drug-likeness (QED) is 0.675. The van der Waals surface area contributed by atoms with E-state index in [0.717, 1.165) is 11.1 Å². The molecule has 1 N–H and O–H groups in total. The van der Waals surface area contributed by atoms with Gasteiger partial charge in [0.1, 0.15) is 11.4 Å². The Balaban J connectivity index is 2.16. The first-order chi connectivity index (χ1) is 10.4. The molecule has 7 heteroatoms. The fraction of sp³-hybridized carbons (Fsp3) is 0.333. The molecule has 1 aromatic carbocycles. The number of nitrogens with zero attached hydrogens (tertiary/aromatic N) is 3. The van der Waals surface area contributed by atoms with Crippen LogP contribution < -0.4 is 0 Å². The maximum Gasteiger partial charge on any atom is 0.359 e. The molecular formula is C15H18N3O4+. The molecule has 0 aliphatic rings. The molecule has 2 aromatic rings. The molecule has 0 unspecified atom stereocenters. The van der Waals surface area contributed by atoms with Gasteiger partial charge in [0.25, 0.3) is 4.92 Å². The number of esters is 1. The van der Waals surface area contributed by atoms with Crippen LogP contribution in [0.4, 0.5) is 5.69 Å². The molecule has 22 heavy (non-hydrogen) atoms. The van der Waals surface area contributed by atoms with Crippen molar-refractivity contribution in [2.24, 2.45) is 0 Å². The molecule has 0 amide bonds. The van der Waals surface area contributed by atoms with Crippen molar-refractivity contribution < 1.29 is 19.7 Å². The van der Waals surface area contributed by atoms with E-state index in [1.54, 1.807) is 18.5 Å². The van der Waals surface area contributed by atoms with E-state index in [0.29, 0.717) is 17.9 Å². The van der Waals surface area contributed by atoms with Gasteiger partial charge in [-0.1, -0.05) is 24.3 Å². The highest BCUT2D eigenvalue weighted by atomic mass is 16.6. The number of benzene rings is 1. The predicted molar refractivity (Wildman–Crippen MR) is 78.0 cm³/mol. The summed E-state index contributed by atoms with van der Waals surface area (Å²) in [4.78, 5) is 22.2. The zero-order valence-corrected chi connectivity index (χ0v) is 12.7. The predicted octanol–water partition coefficient (Wildman–Crippen LogP) is 2.06. The number of aryl methyl sites for hydroxylation is 1. The van der Waals surface area contributed by atoms with Gasteiger partial charge in [-0.05, 0) is 25.0 Å². The van der Waals surface area contributed by atoms with Crippen molar-refractivity contribution in [3.8, 4) is 0 Å². The Bertz CT molecular complexity index is 704. The van der Waals surface area contributed by atoms with Gasteiger partial charge in [-0.3, -0.25) is 9.48 Å². The van der Waals surface area contributed by atoms with E-state index in [-0.39, 0.29) is 23.0 Å². The standard InChI is InChI=1S/C15H18N3O4/c1-10-15(18(20)21)11(2)17(16-10)9-13-6-4-12(5-7-13)8-14(19)22-3/h4-7H,8-9H2,1-3H3,(H,20,21)/q+1. The van der Waals surface area contributed by atoms with Gasteiger partial charge in [-0.15, -0.1) is 0 Å². The van der Waals surface area contributed by atoms with Crippen LogP contribution in [0.1, 0.15) is 22.5 Å². The molecule has 0 fully saturated rings. The van der Waals surface area contributed by atoms with Crippen LogP contribution in [0.25, 0.3) is 0 Å². The van der Waals surface area contributed by atoms with Gasteiger partial charge in [-0.25, -0.2) is 5.21 Å². The van der Waals surface area contributed by atoms with Crippen LogP contribution in [0.15, 0.2) is 24.3 Å². The van der Waals surface area contributed by atoms with Gasteiger partial charge in [0, 0.05) is 0 Å². The molecule has 0 aliphatic carbocycles. The lowest BCUT2D eigenvalue weighted by atomic mass is 10.1. The third-order valence-corrected chi connectivity index (χ3v) is 3.47. The fourth-order valence-electron chi connectivity index (χ4n) is 2.29. The van der Waals surface area contributed by atoms with E-state index < -0.39 is 0 Å². The highest BCUT2D eigenvalue weighted by molar-refractivity contribution is 5.72. The highest BCUT2D eigenvalue weighted by Gasteiger charge is 2.26.